The summed E-state index contributed by atoms with van der Waals surface area (Å²) in [5, 5.41) is 6.80. The third-order valence-corrected chi connectivity index (χ3v) is 4.63. The lowest BCUT2D eigenvalue weighted by atomic mass is 10.1. The average molecular weight is 363 g/mol. The molecule has 6 heteroatoms. The van der Waals surface area contributed by atoms with Gasteiger partial charge in [-0.1, -0.05) is 30.3 Å². The van der Waals surface area contributed by atoms with E-state index in [4.69, 9.17) is 9.47 Å². The second kappa shape index (κ2) is 11.9. The maximum atomic E-state index is 5.78. The summed E-state index contributed by atoms with van der Waals surface area (Å²) in [5.41, 5.74) is 1.35. The lowest BCUT2D eigenvalue weighted by molar-refractivity contribution is 0.0420. The van der Waals surface area contributed by atoms with Crippen molar-refractivity contribution in [1.29, 1.82) is 0 Å². The zero-order valence-electron chi connectivity index (χ0n) is 16.4. The first-order chi connectivity index (χ1) is 12.7. The Morgan fingerprint density at radius 1 is 1.31 bits per heavy atom. The van der Waals surface area contributed by atoms with Crippen LogP contribution in [0.25, 0.3) is 0 Å². The molecule has 26 heavy (non-hydrogen) atoms. The molecule has 1 aromatic rings. The van der Waals surface area contributed by atoms with Crippen molar-refractivity contribution in [2.24, 2.45) is 4.99 Å². The van der Waals surface area contributed by atoms with Crippen LogP contribution in [-0.4, -0.2) is 77.1 Å². The minimum absolute atomic E-state index is 0.284. The largest absolute Gasteiger partial charge is 0.379 e. The van der Waals surface area contributed by atoms with Crippen LogP contribution in [0, 0.1) is 0 Å². The Hall–Kier alpha value is -1.63. The summed E-state index contributed by atoms with van der Waals surface area (Å²) in [6.45, 7) is 4.02. The van der Waals surface area contributed by atoms with Gasteiger partial charge in [-0.15, -0.1) is 0 Å². The Balaban J connectivity index is 1.65. The van der Waals surface area contributed by atoms with Crippen molar-refractivity contribution >= 4 is 5.96 Å². The monoisotopic (exact) mass is 362 g/mol. The molecule has 0 aromatic heterocycles. The van der Waals surface area contributed by atoms with E-state index in [1.165, 1.54) is 5.56 Å². The third kappa shape index (κ3) is 7.72. The average Bonchev–Trinajstić information content (AvgIpc) is 3.17. The molecule has 2 N–H and O–H groups in total. The maximum Gasteiger partial charge on any atom is 0.191 e. The van der Waals surface area contributed by atoms with Crippen LogP contribution in [0.15, 0.2) is 35.3 Å². The molecule has 0 aliphatic carbocycles. The molecule has 0 spiro atoms. The summed E-state index contributed by atoms with van der Waals surface area (Å²) in [6, 6.07) is 11.0. The van der Waals surface area contributed by atoms with Crippen LogP contribution < -0.4 is 10.6 Å². The van der Waals surface area contributed by atoms with Gasteiger partial charge in [0.05, 0.1) is 12.7 Å². The van der Waals surface area contributed by atoms with E-state index in [2.05, 4.69) is 65.0 Å². The molecule has 0 saturated carbocycles. The summed E-state index contributed by atoms with van der Waals surface area (Å²) < 4.78 is 11.1. The molecule has 0 bridgehead atoms. The van der Waals surface area contributed by atoms with Gasteiger partial charge < -0.3 is 25.0 Å². The Labute approximate surface area is 158 Å². The van der Waals surface area contributed by atoms with E-state index in [0.29, 0.717) is 6.04 Å². The number of benzene rings is 1. The molecule has 1 saturated heterocycles. The van der Waals surface area contributed by atoms with Crippen molar-refractivity contribution in [3.63, 3.8) is 0 Å². The fourth-order valence-electron chi connectivity index (χ4n) is 2.93. The smallest absolute Gasteiger partial charge is 0.191 e. The Morgan fingerprint density at radius 2 is 2.12 bits per heavy atom. The first-order valence-corrected chi connectivity index (χ1v) is 9.53. The normalized spacial score (nSPS) is 18.9. The van der Waals surface area contributed by atoms with Gasteiger partial charge in [0, 0.05) is 39.4 Å². The molecule has 1 aromatic carbocycles. The van der Waals surface area contributed by atoms with Crippen molar-refractivity contribution in [2.45, 2.75) is 31.4 Å². The molecule has 0 amide bonds. The number of aliphatic imine (C=N–C) groups is 1. The summed E-state index contributed by atoms with van der Waals surface area (Å²) >= 11 is 0. The zero-order chi connectivity index (χ0) is 18.6. The number of ether oxygens (including phenoxy) is 2. The van der Waals surface area contributed by atoms with E-state index in [0.717, 1.165) is 58.1 Å². The van der Waals surface area contributed by atoms with Crippen LogP contribution in [0.1, 0.15) is 18.4 Å². The number of likely N-dealkylation sites (N-methyl/N-ethyl adjacent to an activating group) is 1. The van der Waals surface area contributed by atoms with Gasteiger partial charge in [-0.3, -0.25) is 4.99 Å². The quantitative estimate of drug-likeness (QED) is 0.375. The lowest BCUT2D eigenvalue weighted by Crippen LogP contribution is -2.46. The fraction of sp³-hybridized carbons (Fsp3) is 0.650. The number of hydrogen-bond acceptors (Lipinski definition) is 4. The van der Waals surface area contributed by atoms with E-state index < -0.39 is 0 Å². The highest BCUT2D eigenvalue weighted by Gasteiger charge is 2.15. The molecule has 1 heterocycles. The molecular formula is C20H34N4O2. The van der Waals surface area contributed by atoms with Gasteiger partial charge in [-0.25, -0.2) is 0 Å². The highest BCUT2D eigenvalue weighted by molar-refractivity contribution is 5.79. The van der Waals surface area contributed by atoms with Crippen LogP contribution in [0.3, 0.4) is 0 Å². The van der Waals surface area contributed by atoms with Crippen molar-refractivity contribution in [3.05, 3.63) is 35.9 Å². The first kappa shape index (κ1) is 20.7. The summed E-state index contributed by atoms with van der Waals surface area (Å²) in [5.74, 6) is 0.842. The van der Waals surface area contributed by atoms with E-state index in [1.807, 2.05) is 7.05 Å². The van der Waals surface area contributed by atoms with Crippen LogP contribution in [0.4, 0.5) is 0 Å². The van der Waals surface area contributed by atoms with Crippen molar-refractivity contribution in [3.8, 4) is 0 Å². The Bertz CT molecular complexity index is 516. The van der Waals surface area contributed by atoms with E-state index >= 15 is 0 Å². The molecule has 2 rings (SSSR count). The molecule has 6 nitrogen and oxygen atoms in total. The van der Waals surface area contributed by atoms with Gasteiger partial charge >= 0.3 is 0 Å². The number of guanidine groups is 1. The molecular weight excluding hydrogens is 328 g/mol. The van der Waals surface area contributed by atoms with Gasteiger partial charge in [0.1, 0.15) is 0 Å². The van der Waals surface area contributed by atoms with E-state index in [9.17, 15) is 0 Å². The SMILES string of the molecule is CN=C(NCCCOC1CCOC1)NCC(Cc1ccccc1)N(C)C. The van der Waals surface area contributed by atoms with Gasteiger partial charge in [0.15, 0.2) is 5.96 Å². The van der Waals surface area contributed by atoms with E-state index in [-0.39, 0.29) is 6.10 Å². The minimum atomic E-state index is 0.284. The van der Waals surface area contributed by atoms with Gasteiger partial charge in [0.25, 0.3) is 0 Å². The first-order valence-electron chi connectivity index (χ1n) is 9.53. The molecule has 1 fully saturated rings. The van der Waals surface area contributed by atoms with Crippen molar-refractivity contribution in [2.75, 3.05) is 54.1 Å². The minimum Gasteiger partial charge on any atom is -0.379 e. The van der Waals surface area contributed by atoms with Crippen molar-refractivity contribution in [1.82, 2.24) is 15.5 Å². The van der Waals surface area contributed by atoms with Crippen LogP contribution >= 0.6 is 0 Å². The van der Waals surface area contributed by atoms with Gasteiger partial charge in [-0.05, 0) is 38.9 Å². The molecule has 2 unspecified atom stereocenters. The Morgan fingerprint density at radius 3 is 2.77 bits per heavy atom. The molecule has 1 aliphatic heterocycles. The molecule has 1 aliphatic rings. The third-order valence-electron chi connectivity index (χ3n) is 4.63. The fourth-order valence-corrected chi connectivity index (χ4v) is 2.93. The predicted molar refractivity (Wildman–Crippen MR) is 107 cm³/mol. The number of rotatable bonds is 10. The van der Waals surface area contributed by atoms with E-state index in [1.54, 1.807) is 0 Å². The second-order valence-corrected chi connectivity index (χ2v) is 6.90. The Kier molecular flexibility index (Phi) is 9.45. The molecule has 146 valence electrons. The highest BCUT2D eigenvalue weighted by Crippen LogP contribution is 2.08. The predicted octanol–water partition coefficient (Wildman–Crippen LogP) is 1.52. The van der Waals surface area contributed by atoms with Crippen LogP contribution in [0.2, 0.25) is 0 Å². The summed E-state index contributed by atoms with van der Waals surface area (Å²) in [4.78, 5) is 6.57. The summed E-state index contributed by atoms with van der Waals surface area (Å²) in [6.07, 6.45) is 3.27. The molecule has 0 radical (unpaired) electrons. The summed E-state index contributed by atoms with van der Waals surface area (Å²) in [7, 11) is 6.05. The zero-order valence-corrected chi connectivity index (χ0v) is 16.4. The van der Waals surface area contributed by atoms with Gasteiger partial charge in [-0.2, -0.15) is 0 Å². The second-order valence-electron chi connectivity index (χ2n) is 6.90. The maximum absolute atomic E-state index is 5.78. The number of hydrogen-bond donors (Lipinski definition) is 2. The lowest BCUT2D eigenvalue weighted by Gasteiger charge is -2.25. The number of nitrogens with zero attached hydrogens (tertiary/aromatic N) is 2. The highest BCUT2D eigenvalue weighted by atomic mass is 16.5. The standard InChI is InChI=1S/C20H34N4O2/c1-21-20(22-11-7-12-26-19-10-13-25-16-19)23-15-18(24(2)3)14-17-8-5-4-6-9-17/h4-6,8-9,18-19H,7,10-16H2,1-3H3,(H2,21,22,23). The number of nitrogens with one attached hydrogen (secondary N) is 2. The topological polar surface area (TPSA) is 58.1 Å². The van der Waals surface area contributed by atoms with Crippen LogP contribution in [-0.2, 0) is 15.9 Å². The molecule has 2 atom stereocenters. The van der Waals surface area contributed by atoms with Gasteiger partial charge in [0.2, 0.25) is 0 Å². The van der Waals surface area contributed by atoms with Crippen LogP contribution in [0.5, 0.6) is 0 Å². The van der Waals surface area contributed by atoms with Crippen molar-refractivity contribution < 1.29 is 9.47 Å².